The molecule has 1 aliphatic heterocycles. The van der Waals surface area contributed by atoms with Crippen molar-refractivity contribution in [1.82, 2.24) is 14.5 Å². The molecule has 4 rings (SSSR count). The van der Waals surface area contributed by atoms with Crippen LogP contribution in [0, 0.1) is 0 Å². The summed E-state index contributed by atoms with van der Waals surface area (Å²) in [7, 11) is 0. The van der Waals surface area contributed by atoms with E-state index in [-0.39, 0.29) is 11.9 Å². The summed E-state index contributed by atoms with van der Waals surface area (Å²) in [5, 5.41) is 0. The maximum absolute atomic E-state index is 13.1. The van der Waals surface area contributed by atoms with Gasteiger partial charge in [-0.25, -0.2) is 4.98 Å². The van der Waals surface area contributed by atoms with Crippen molar-refractivity contribution in [2.45, 2.75) is 44.7 Å². The molecule has 2 aromatic heterocycles. The van der Waals surface area contributed by atoms with E-state index in [0.29, 0.717) is 12.3 Å². The van der Waals surface area contributed by atoms with Crippen molar-refractivity contribution in [2.75, 3.05) is 6.54 Å². The summed E-state index contributed by atoms with van der Waals surface area (Å²) in [6, 6.07) is 14.5. The van der Waals surface area contributed by atoms with E-state index in [0.717, 1.165) is 38.0 Å². The average molecular weight is 363 g/mol. The van der Waals surface area contributed by atoms with Crippen LogP contribution < -0.4 is 0 Å². The molecule has 0 N–H and O–H groups in total. The summed E-state index contributed by atoms with van der Waals surface area (Å²) in [5.74, 6) is 1.23. The van der Waals surface area contributed by atoms with Gasteiger partial charge in [0.15, 0.2) is 5.76 Å². The molecular formula is C22H25N3O2. The summed E-state index contributed by atoms with van der Waals surface area (Å²) < 4.78 is 7.77. The van der Waals surface area contributed by atoms with Crippen molar-refractivity contribution in [3.05, 3.63) is 78.3 Å². The van der Waals surface area contributed by atoms with Gasteiger partial charge in [0.25, 0.3) is 5.91 Å². The van der Waals surface area contributed by atoms with Crippen LogP contribution in [0.5, 0.6) is 0 Å². The molecule has 0 aliphatic carbocycles. The number of hydrogen-bond acceptors (Lipinski definition) is 3. The molecule has 5 heteroatoms. The predicted octanol–water partition coefficient (Wildman–Crippen LogP) is 4.15. The summed E-state index contributed by atoms with van der Waals surface area (Å²) >= 11 is 0. The van der Waals surface area contributed by atoms with Crippen molar-refractivity contribution >= 4 is 5.91 Å². The second-order valence-electron chi connectivity index (χ2n) is 7.17. The zero-order valence-electron chi connectivity index (χ0n) is 15.5. The van der Waals surface area contributed by atoms with Crippen LogP contribution in [0.25, 0.3) is 0 Å². The first-order valence-electron chi connectivity index (χ1n) is 9.69. The molecule has 5 nitrogen and oxygen atoms in total. The minimum absolute atomic E-state index is 0.0182. The maximum atomic E-state index is 13.1. The van der Waals surface area contributed by atoms with Gasteiger partial charge in [-0.1, -0.05) is 30.3 Å². The second-order valence-corrected chi connectivity index (χ2v) is 7.17. The van der Waals surface area contributed by atoms with Crippen LogP contribution in [0.15, 0.2) is 65.6 Å². The molecule has 1 aromatic carbocycles. The minimum atomic E-state index is 0.0182. The van der Waals surface area contributed by atoms with Crippen LogP contribution >= 0.6 is 0 Å². The molecule has 3 aromatic rings. The topological polar surface area (TPSA) is 51.3 Å². The van der Waals surface area contributed by atoms with Gasteiger partial charge < -0.3 is 13.9 Å². The molecule has 0 radical (unpaired) electrons. The summed E-state index contributed by atoms with van der Waals surface area (Å²) in [4.78, 5) is 19.1. The van der Waals surface area contributed by atoms with Crippen LogP contribution in [-0.4, -0.2) is 32.9 Å². The van der Waals surface area contributed by atoms with Gasteiger partial charge in [0.1, 0.15) is 5.76 Å². The van der Waals surface area contributed by atoms with Crippen LogP contribution in [0.3, 0.4) is 0 Å². The van der Waals surface area contributed by atoms with E-state index in [1.807, 2.05) is 27.8 Å². The highest BCUT2D eigenvalue weighted by atomic mass is 16.4. The maximum Gasteiger partial charge on any atom is 0.289 e. The summed E-state index contributed by atoms with van der Waals surface area (Å²) in [6.45, 7) is 1.40. The molecule has 27 heavy (non-hydrogen) atoms. The lowest BCUT2D eigenvalue weighted by Gasteiger charge is -2.35. The lowest BCUT2D eigenvalue weighted by atomic mass is 9.95. The third-order valence-electron chi connectivity index (χ3n) is 5.27. The number of rotatable bonds is 6. The summed E-state index contributed by atoms with van der Waals surface area (Å²) in [5.41, 5.74) is 1.33. The molecule has 0 bridgehead atoms. The minimum Gasteiger partial charge on any atom is -0.454 e. The van der Waals surface area contributed by atoms with Crippen LogP contribution in [0.2, 0.25) is 0 Å². The smallest absolute Gasteiger partial charge is 0.289 e. The van der Waals surface area contributed by atoms with Crippen molar-refractivity contribution in [3.63, 3.8) is 0 Å². The van der Waals surface area contributed by atoms with Crippen LogP contribution in [-0.2, 0) is 13.0 Å². The molecule has 1 saturated heterocycles. The first kappa shape index (κ1) is 17.6. The van der Waals surface area contributed by atoms with E-state index in [9.17, 15) is 4.79 Å². The number of carbonyl (C=O) groups is 1. The van der Waals surface area contributed by atoms with Gasteiger partial charge in [-0.2, -0.15) is 0 Å². The Balaban J connectivity index is 1.42. The van der Waals surface area contributed by atoms with Gasteiger partial charge in [-0.05, 0) is 49.8 Å². The van der Waals surface area contributed by atoms with Gasteiger partial charge >= 0.3 is 0 Å². The molecule has 1 aliphatic rings. The Labute approximate surface area is 159 Å². The van der Waals surface area contributed by atoms with Crippen LogP contribution in [0.1, 0.15) is 47.6 Å². The van der Waals surface area contributed by atoms with Crippen molar-refractivity contribution in [1.29, 1.82) is 0 Å². The van der Waals surface area contributed by atoms with Crippen LogP contribution in [0.4, 0.5) is 0 Å². The van der Waals surface area contributed by atoms with Gasteiger partial charge in [0.05, 0.1) is 12.9 Å². The monoisotopic (exact) mass is 363 g/mol. The first-order valence-corrected chi connectivity index (χ1v) is 9.69. The summed E-state index contributed by atoms with van der Waals surface area (Å²) in [6.07, 6.45) is 10.7. The predicted molar refractivity (Wildman–Crippen MR) is 103 cm³/mol. The normalized spacial score (nSPS) is 17.2. The molecule has 1 atom stereocenters. The number of nitrogens with zero attached hydrogens (tertiary/aromatic N) is 3. The molecule has 1 fully saturated rings. The van der Waals surface area contributed by atoms with Crippen molar-refractivity contribution in [2.24, 2.45) is 0 Å². The van der Waals surface area contributed by atoms with Gasteiger partial charge in [0, 0.05) is 25.0 Å². The van der Waals surface area contributed by atoms with E-state index >= 15 is 0 Å². The number of likely N-dealkylation sites (tertiary alicyclic amines) is 1. The highest BCUT2D eigenvalue weighted by molar-refractivity contribution is 5.91. The Hall–Kier alpha value is -2.82. The zero-order chi connectivity index (χ0) is 18.5. The molecule has 3 heterocycles. The zero-order valence-corrected chi connectivity index (χ0v) is 15.5. The molecule has 0 spiro atoms. The molecule has 1 unspecified atom stereocenters. The number of imidazole rings is 1. The Kier molecular flexibility index (Phi) is 5.37. The molecule has 0 saturated carbocycles. The number of furan rings is 1. The van der Waals surface area contributed by atoms with E-state index in [1.165, 1.54) is 12.0 Å². The second kappa shape index (κ2) is 8.25. The average Bonchev–Trinajstić information content (AvgIpc) is 3.39. The largest absolute Gasteiger partial charge is 0.454 e. The lowest BCUT2D eigenvalue weighted by molar-refractivity contribution is 0.0567. The fraction of sp³-hybridized carbons (Fsp3) is 0.364. The van der Waals surface area contributed by atoms with Gasteiger partial charge in [-0.3, -0.25) is 4.79 Å². The number of benzene rings is 1. The standard InChI is InChI=1S/C22H25N3O2/c26-22(21-12-11-20(27-21)16-24-15-13-23-17-24)25-14-5-4-8-19(25)10-9-18-6-2-1-3-7-18/h1-3,6-7,11-13,15,17,19H,4-5,8-10,14,16H2. The number of aromatic nitrogens is 2. The number of aryl methyl sites for hydroxylation is 1. The Bertz CT molecular complexity index is 855. The molecular weight excluding hydrogens is 338 g/mol. The van der Waals surface area contributed by atoms with Gasteiger partial charge in [-0.15, -0.1) is 0 Å². The molecule has 1 amide bonds. The number of carbonyl (C=O) groups excluding carboxylic acids is 1. The van der Waals surface area contributed by atoms with Crippen molar-refractivity contribution in [3.8, 4) is 0 Å². The lowest BCUT2D eigenvalue weighted by Crippen LogP contribution is -2.43. The fourth-order valence-electron chi connectivity index (χ4n) is 3.83. The van der Waals surface area contributed by atoms with E-state index in [4.69, 9.17) is 4.42 Å². The number of hydrogen-bond donors (Lipinski definition) is 0. The Morgan fingerprint density at radius 3 is 2.85 bits per heavy atom. The quantitative estimate of drug-likeness (QED) is 0.661. The fourth-order valence-corrected chi connectivity index (χ4v) is 3.83. The Morgan fingerprint density at radius 1 is 1.15 bits per heavy atom. The van der Waals surface area contributed by atoms with Gasteiger partial charge in [0.2, 0.25) is 0 Å². The first-order chi connectivity index (χ1) is 13.3. The van der Waals surface area contributed by atoms with E-state index in [1.54, 1.807) is 18.6 Å². The third-order valence-corrected chi connectivity index (χ3v) is 5.27. The number of piperidine rings is 1. The third kappa shape index (κ3) is 4.30. The highest BCUT2D eigenvalue weighted by Crippen LogP contribution is 2.24. The van der Waals surface area contributed by atoms with E-state index < -0.39 is 0 Å². The SMILES string of the molecule is O=C(c1ccc(Cn2ccnc2)o1)N1CCCCC1CCc1ccccc1. The Morgan fingerprint density at radius 2 is 2.04 bits per heavy atom. The number of amides is 1. The van der Waals surface area contributed by atoms with Crippen molar-refractivity contribution < 1.29 is 9.21 Å². The highest BCUT2D eigenvalue weighted by Gasteiger charge is 2.29. The molecule has 140 valence electrons. The van der Waals surface area contributed by atoms with E-state index in [2.05, 4.69) is 29.2 Å².